The number of rotatable bonds is 3. The highest BCUT2D eigenvalue weighted by atomic mass is 15.4. The van der Waals surface area contributed by atoms with E-state index in [9.17, 15) is 0 Å². The molecule has 0 saturated carbocycles. The second kappa shape index (κ2) is 5.60. The molecule has 122 valence electrons. The fraction of sp³-hybridized carbons (Fsp3) is 0.588. The first-order chi connectivity index (χ1) is 11.1. The molecule has 0 bridgehead atoms. The van der Waals surface area contributed by atoms with E-state index >= 15 is 0 Å². The van der Waals surface area contributed by atoms with Gasteiger partial charge in [0.25, 0.3) is 5.95 Å². The Labute approximate surface area is 137 Å². The zero-order valence-corrected chi connectivity index (χ0v) is 14.2. The molecule has 6 nitrogen and oxygen atoms in total. The summed E-state index contributed by atoms with van der Waals surface area (Å²) >= 11 is 0. The molecule has 4 rings (SSSR count). The first kappa shape index (κ1) is 14.6. The van der Waals surface area contributed by atoms with Gasteiger partial charge < -0.3 is 4.90 Å². The van der Waals surface area contributed by atoms with E-state index in [1.54, 1.807) is 0 Å². The molecular weight excluding hydrogens is 288 g/mol. The van der Waals surface area contributed by atoms with Gasteiger partial charge in [-0.2, -0.15) is 10.1 Å². The molecule has 0 unspecified atom stereocenters. The molecule has 0 aromatic carbocycles. The predicted octanol–water partition coefficient (Wildman–Crippen LogP) is 1.87. The molecule has 0 amide bonds. The van der Waals surface area contributed by atoms with Crippen LogP contribution in [-0.4, -0.2) is 56.9 Å². The van der Waals surface area contributed by atoms with Crippen molar-refractivity contribution in [3.05, 3.63) is 29.2 Å². The second-order valence-electron chi connectivity index (χ2n) is 6.81. The number of hydrogen-bond donors (Lipinski definition) is 0. The SMILES string of the molecule is Cc1cc(N2CC(N3CCCC3)C2)nc(-n2nc(C)cc2C)n1. The molecule has 2 aliphatic rings. The minimum Gasteiger partial charge on any atom is -0.353 e. The van der Waals surface area contributed by atoms with Crippen LogP contribution in [0.5, 0.6) is 0 Å². The van der Waals surface area contributed by atoms with Crippen molar-refractivity contribution in [1.82, 2.24) is 24.6 Å². The maximum Gasteiger partial charge on any atom is 0.252 e. The average Bonchev–Trinajstić information content (AvgIpc) is 3.06. The van der Waals surface area contributed by atoms with Gasteiger partial charge in [-0.05, 0) is 52.8 Å². The third-order valence-corrected chi connectivity index (χ3v) is 4.87. The lowest BCUT2D eigenvalue weighted by Gasteiger charge is -2.44. The van der Waals surface area contributed by atoms with Gasteiger partial charge in [-0.25, -0.2) is 9.67 Å². The average molecular weight is 312 g/mol. The Balaban J connectivity index is 1.55. The Bertz CT molecular complexity index is 710. The number of likely N-dealkylation sites (tertiary alicyclic amines) is 1. The van der Waals surface area contributed by atoms with E-state index in [1.165, 1.54) is 25.9 Å². The maximum absolute atomic E-state index is 4.76. The van der Waals surface area contributed by atoms with Gasteiger partial charge in [0.15, 0.2) is 0 Å². The molecule has 2 aromatic heterocycles. The molecule has 6 heteroatoms. The van der Waals surface area contributed by atoms with Gasteiger partial charge in [-0.15, -0.1) is 0 Å². The molecule has 2 aromatic rings. The van der Waals surface area contributed by atoms with Gasteiger partial charge >= 0.3 is 0 Å². The summed E-state index contributed by atoms with van der Waals surface area (Å²) in [7, 11) is 0. The van der Waals surface area contributed by atoms with Crippen molar-refractivity contribution >= 4 is 5.82 Å². The smallest absolute Gasteiger partial charge is 0.252 e. The van der Waals surface area contributed by atoms with Crippen molar-refractivity contribution in [2.45, 2.75) is 39.7 Å². The lowest BCUT2D eigenvalue weighted by molar-refractivity contribution is 0.204. The number of anilines is 1. The summed E-state index contributed by atoms with van der Waals surface area (Å²) in [5, 5.41) is 4.51. The highest BCUT2D eigenvalue weighted by Crippen LogP contribution is 2.25. The summed E-state index contributed by atoms with van der Waals surface area (Å²) in [4.78, 5) is 14.3. The lowest BCUT2D eigenvalue weighted by atomic mass is 10.1. The Hall–Kier alpha value is -1.95. The second-order valence-corrected chi connectivity index (χ2v) is 6.81. The van der Waals surface area contributed by atoms with Crippen LogP contribution in [0, 0.1) is 20.8 Å². The molecule has 23 heavy (non-hydrogen) atoms. The Morgan fingerprint density at radius 2 is 1.70 bits per heavy atom. The van der Waals surface area contributed by atoms with Crippen LogP contribution in [0.4, 0.5) is 5.82 Å². The quantitative estimate of drug-likeness (QED) is 0.866. The Morgan fingerprint density at radius 1 is 0.957 bits per heavy atom. The van der Waals surface area contributed by atoms with Gasteiger partial charge in [-0.1, -0.05) is 0 Å². The molecule has 0 atom stereocenters. The normalized spacial score (nSPS) is 19.3. The van der Waals surface area contributed by atoms with Crippen LogP contribution in [0.2, 0.25) is 0 Å². The summed E-state index contributed by atoms with van der Waals surface area (Å²) in [5.41, 5.74) is 3.05. The summed E-state index contributed by atoms with van der Waals surface area (Å²) in [6, 6.07) is 4.83. The standard InChI is InChI=1S/C17H24N6/c1-12-9-16(22-10-15(11-22)21-6-4-5-7-21)19-17(18-12)23-14(3)8-13(2)20-23/h8-9,15H,4-7,10-11H2,1-3H3. The molecule has 4 heterocycles. The van der Waals surface area contributed by atoms with Gasteiger partial charge in [0.1, 0.15) is 5.82 Å². The van der Waals surface area contributed by atoms with Crippen molar-refractivity contribution < 1.29 is 0 Å². The zero-order chi connectivity index (χ0) is 16.0. The van der Waals surface area contributed by atoms with Crippen molar-refractivity contribution in [2.75, 3.05) is 31.1 Å². The van der Waals surface area contributed by atoms with Crippen LogP contribution in [0.15, 0.2) is 12.1 Å². The highest BCUT2D eigenvalue weighted by molar-refractivity contribution is 5.45. The van der Waals surface area contributed by atoms with Crippen LogP contribution in [0.3, 0.4) is 0 Å². The summed E-state index contributed by atoms with van der Waals surface area (Å²) in [6.45, 7) is 10.7. The van der Waals surface area contributed by atoms with E-state index in [1.807, 2.05) is 25.5 Å². The van der Waals surface area contributed by atoms with Gasteiger partial charge in [-0.3, -0.25) is 4.90 Å². The van der Waals surface area contributed by atoms with Gasteiger partial charge in [0.05, 0.1) is 5.69 Å². The van der Waals surface area contributed by atoms with Crippen molar-refractivity contribution in [3.8, 4) is 5.95 Å². The van der Waals surface area contributed by atoms with E-state index in [4.69, 9.17) is 4.98 Å². The van der Waals surface area contributed by atoms with Crippen molar-refractivity contribution in [2.24, 2.45) is 0 Å². The first-order valence-corrected chi connectivity index (χ1v) is 8.48. The number of hydrogen-bond acceptors (Lipinski definition) is 5. The molecule has 0 radical (unpaired) electrons. The lowest BCUT2D eigenvalue weighted by Crippen LogP contribution is -2.59. The molecule has 2 saturated heterocycles. The molecule has 0 N–H and O–H groups in total. The maximum atomic E-state index is 4.76. The number of aromatic nitrogens is 4. The molecule has 0 aliphatic carbocycles. The predicted molar refractivity (Wildman–Crippen MR) is 90.2 cm³/mol. The van der Waals surface area contributed by atoms with Crippen molar-refractivity contribution in [3.63, 3.8) is 0 Å². The monoisotopic (exact) mass is 312 g/mol. The Morgan fingerprint density at radius 3 is 2.35 bits per heavy atom. The minimum atomic E-state index is 0.676. The summed E-state index contributed by atoms with van der Waals surface area (Å²) in [6.07, 6.45) is 2.70. The zero-order valence-electron chi connectivity index (χ0n) is 14.2. The van der Waals surface area contributed by atoms with E-state index in [0.29, 0.717) is 12.0 Å². The van der Waals surface area contributed by atoms with E-state index in [0.717, 1.165) is 36.0 Å². The molecule has 2 aliphatic heterocycles. The first-order valence-electron chi connectivity index (χ1n) is 8.48. The topological polar surface area (TPSA) is 50.1 Å². The number of nitrogens with zero attached hydrogens (tertiary/aromatic N) is 6. The molecular formula is C17H24N6. The molecule has 2 fully saturated rings. The molecule has 0 spiro atoms. The van der Waals surface area contributed by atoms with E-state index < -0.39 is 0 Å². The van der Waals surface area contributed by atoms with Crippen LogP contribution in [-0.2, 0) is 0 Å². The Kier molecular flexibility index (Phi) is 3.56. The largest absolute Gasteiger partial charge is 0.353 e. The van der Waals surface area contributed by atoms with Crippen LogP contribution >= 0.6 is 0 Å². The van der Waals surface area contributed by atoms with E-state index in [-0.39, 0.29) is 0 Å². The van der Waals surface area contributed by atoms with Gasteiger partial charge in [0, 0.05) is 36.6 Å². The van der Waals surface area contributed by atoms with Crippen LogP contribution in [0.25, 0.3) is 5.95 Å². The fourth-order valence-corrected chi connectivity index (χ4v) is 3.60. The van der Waals surface area contributed by atoms with Crippen molar-refractivity contribution in [1.29, 1.82) is 0 Å². The summed E-state index contributed by atoms with van der Waals surface area (Å²) < 4.78 is 1.84. The number of aryl methyl sites for hydroxylation is 3. The highest BCUT2D eigenvalue weighted by Gasteiger charge is 2.34. The van der Waals surface area contributed by atoms with Crippen LogP contribution in [0.1, 0.15) is 29.9 Å². The van der Waals surface area contributed by atoms with Gasteiger partial charge in [0.2, 0.25) is 0 Å². The fourth-order valence-electron chi connectivity index (χ4n) is 3.60. The minimum absolute atomic E-state index is 0.676. The third-order valence-electron chi connectivity index (χ3n) is 4.87. The van der Waals surface area contributed by atoms with Crippen LogP contribution < -0.4 is 4.90 Å². The van der Waals surface area contributed by atoms with E-state index in [2.05, 4.69) is 32.0 Å². The summed E-state index contributed by atoms with van der Waals surface area (Å²) in [5.74, 6) is 1.70. The third kappa shape index (κ3) is 2.72.